The first-order valence-electron chi connectivity index (χ1n) is 4.88. The summed E-state index contributed by atoms with van der Waals surface area (Å²) in [6.45, 7) is 5.12. The molecular formula is C9H20ClNO3S. The van der Waals surface area contributed by atoms with Crippen LogP contribution in [0.5, 0.6) is 0 Å². The lowest BCUT2D eigenvalue weighted by Crippen LogP contribution is -2.35. The smallest absolute Gasteiger partial charge is 0.321 e. The molecule has 0 saturated heterocycles. The number of hydrogen-bond donors (Lipinski definition) is 3. The van der Waals surface area contributed by atoms with E-state index in [1.54, 1.807) is 0 Å². The maximum Gasteiger partial charge on any atom is 0.321 e. The van der Waals surface area contributed by atoms with Gasteiger partial charge in [-0.1, -0.05) is 13.8 Å². The first-order valence-corrected chi connectivity index (χ1v) is 5.37. The zero-order valence-electron chi connectivity index (χ0n) is 10.2. The van der Waals surface area contributed by atoms with Crippen LogP contribution in [0.4, 0.5) is 0 Å². The monoisotopic (exact) mass is 258 g/mol. The molecule has 0 aliphatic carbocycles. The lowest BCUT2D eigenvalue weighted by Gasteiger charge is -2.26. The predicted octanol–water partition coefficient (Wildman–Crippen LogP) is 1.10. The van der Waals surface area contributed by atoms with Crippen molar-refractivity contribution in [1.82, 2.24) is 0 Å². The fourth-order valence-electron chi connectivity index (χ4n) is 1.05. The van der Waals surface area contributed by atoms with Crippen LogP contribution in [0.2, 0.25) is 0 Å². The van der Waals surface area contributed by atoms with Crippen LogP contribution in [0.1, 0.15) is 28.6 Å². The van der Waals surface area contributed by atoms with Gasteiger partial charge in [0.2, 0.25) is 0 Å². The molecule has 0 rings (SSSR count). The van der Waals surface area contributed by atoms with Crippen LogP contribution in [0.25, 0.3) is 0 Å². The summed E-state index contributed by atoms with van der Waals surface area (Å²) < 4.78 is 6.99. The molecule has 92 valence electrons. The number of nitrogens with two attached hydrogens (primary N) is 1. The summed E-state index contributed by atoms with van der Waals surface area (Å²) in [5.41, 5.74) is 5.36. The number of thioether (sulfide) groups is 1. The number of hydrogen-bond acceptors (Lipinski definition) is 4. The third-order valence-electron chi connectivity index (χ3n) is 1.65. The molecule has 0 aromatic rings. The van der Waals surface area contributed by atoms with Gasteiger partial charge in [0.1, 0.15) is 6.04 Å². The summed E-state index contributed by atoms with van der Waals surface area (Å²) in [7, 11) is 0. The first-order chi connectivity index (χ1) is 6.53. The molecule has 0 aromatic heterocycles. The quantitative estimate of drug-likeness (QED) is 0.665. The highest BCUT2D eigenvalue weighted by atomic mass is 35.5. The Morgan fingerprint density at radius 1 is 1.67 bits per heavy atom. The first kappa shape index (κ1) is 15.0. The molecule has 2 atom stereocenters. The molecule has 15 heavy (non-hydrogen) atoms. The Labute approximate surface area is 102 Å². The molecule has 0 aliphatic rings. The van der Waals surface area contributed by atoms with Gasteiger partial charge in [0.15, 0.2) is 0 Å². The van der Waals surface area contributed by atoms with Gasteiger partial charge in [-0.05, 0) is 13.3 Å². The molecule has 1 unspecified atom stereocenters. The van der Waals surface area contributed by atoms with Crippen LogP contribution < -0.4 is 5.73 Å². The largest absolute Gasteiger partial charge is 0.480 e. The summed E-state index contributed by atoms with van der Waals surface area (Å²) in [4.78, 5) is 10.5. The Morgan fingerprint density at radius 2 is 2.13 bits per heavy atom. The molecule has 0 amide bonds. The van der Waals surface area contributed by atoms with Crippen LogP contribution in [-0.2, 0) is 4.79 Å². The fraction of sp³-hybridized carbons (Fsp3) is 0.889. The van der Waals surface area contributed by atoms with Crippen molar-refractivity contribution >= 4 is 30.1 Å². The minimum Gasteiger partial charge on any atom is -0.480 e. The number of halogens is 1. The average Bonchev–Trinajstić information content (AvgIpc) is 1.95. The zero-order valence-corrected chi connectivity index (χ0v) is 10.8. The Balaban J connectivity index is 0. The maximum absolute atomic E-state index is 10.5. The third kappa shape index (κ3) is 8.99. The Kier molecular flexibility index (Phi) is 7.34. The molecule has 0 saturated carbocycles. The number of carboxylic acids is 1. The molecule has 4 N–H and O–H groups in total. The van der Waals surface area contributed by atoms with Crippen LogP contribution >= 0.6 is 24.2 Å². The predicted molar refractivity (Wildman–Crippen MR) is 65.7 cm³/mol. The molecular weight excluding hydrogens is 238 g/mol. The molecule has 0 radical (unpaired) electrons. The van der Waals surface area contributed by atoms with Crippen LogP contribution in [-0.4, -0.2) is 38.8 Å². The van der Waals surface area contributed by atoms with E-state index in [-0.39, 0.29) is 29.3 Å². The molecule has 4 nitrogen and oxygen atoms in total. The van der Waals surface area contributed by atoms with Crippen LogP contribution in [0.3, 0.4) is 0 Å². The van der Waals surface area contributed by atoms with Crippen molar-refractivity contribution in [1.29, 1.82) is 0 Å². The van der Waals surface area contributed by atoms with Crippen molar-refractivity contribution in [3.8, 4) is 0 Å². The molecule has 0 aliphatic heterocycles. The lowest BCUT2D eigenvalue weighted by molar-refractivity contribution is -0.137. The molecule has 0 bridgehead atoms. The van der Waals surface area contributed by atoms with Crippen molar-refractivity contribution in [2.24, 2.45) is 5.73 Å². The van der Waals surface area contributed by atoms with Gasteiger partial charge in [-0.3, -0.25) is 4.79 Å². The van der Waals surface area contributed by atoms with Gasteiger partial charge >= 0.3 is 5.97 Å². The van der Waals surface area contributed by atoms with Crippen molar-refractivity contribution in [2.45, 2.75) is 44.1 Å². The zero-order chi connectivity index (χ0) is 12.3. The molecule has 0 heterocycles. The summed E-state index contributed by atoms with van der Waals surface area (Å²) in [6, 6.07) is -0.898. The van der Waals surface area contributed by atoms with E-state index in [0.29, 0.717) is 0 Å². The van der Waals surface area contributed by atoms with Crippen molar-refractivity contribution in [3.63, 3.8) is 0 Å². The number of carboxylic acid groups (broad SMARTS) is 1. The highest BCUT2D eigenvalue weighted by Gasteiger charge is 2.23. The fourth-order valence-corrected chi connectivity index (χ4v) is 2.14. The summed E-state index contributed by atoms with van der Waals surface area (Å²) >= 11 is 1.36. The van der Waals surface area contributed by atoms with E-state index >= 15 is 0 Å². The SMILES string of the molecule is Cl.[2H]C(C)(O)CC(C)(C)SC[C@H](N)C(=O)O. The second-order valence-electron chi connectivity index (χ2n) is 3.93. The van der Waals surface area contributed by atoms with E-state index < -0.39 is 18.1 Å². The van der Waals surface area contributed by atoms with E-state index in [1.807, 2.05) is 13.8 Å². The van der Waals surface area contributed by atoms with Crippen LogP contribution in [0.15, 0.2) is 0 Å². The van der Waals surface area contributed by atoms with Crippen LogP contribution in [0, 0.1) is 0 Å². The minimum absolute atomic E-state index is 0. The molecule has 0 aromatic carbocycles. The van der Waals surface area contributed by atoms with Gasteiger partial charge < -0.3 is 15.9 Å². The minimum atomic E-state index is -1.50. The van der Waals surface area contributed by atoms with E-state index in [9.17, 15) is 9.90 Å². The van der Waals surface area contributed by atoms with E-state index in [1.165, 1.54) is 18.7 Å². The van der Waals surface area contributed by atoms with Gasteiger partial charge in [0.05, 0.1) is 7.45 Å². The Bertz CT molecular complexity index is 233. The highest BCUT2D eigenvalue weighted by Crippen LogP contribution is 2.29. The normalized spacial score (nSPS) is 18.3. The Morgan fingerprint density at radius 3 is 2.47 bits per heavy atom. The molecule has 0 spiro atoms. The Hall–Kier alpha value is 0.0300. The summed E-state index contributed by atoms with van der Waals surface area (Å²) in [5, 5.41) is 17.9. The van der Waals surface area contributed by atoms with Gasteiger partial charge in [-0.2, -0.15) is 11.8 Å². The van der Waals surface area contributed by atoms with Gasteiger partial charge in [0.25, 0.3) is 0 Å². The highest BCUT2D eigenvalue weighted by molar-refractivity contribution is 8.00. The maximum atomic E-state index is 10.5. The second-order valence-corrected chi connectivity index (χ2v) is 5.65. The molecule has 6 heteroatoms. The molecule has 0 fully saturated rings. The number of aliphatic hydroxyl groups is 1. The van der Waals surface area contributed by atoms with E-state index in [4.69, 9.17) is 12.2 Å². The topological polar surface area (TPSA) is 83.5 Å². The summed E-state index contributed by atoms with van der Waals surface area (Å²) in [5.74, 6) is -0.755. The van der Waals surface area contributed by atoms with Gasteiger partial charge in [-0.25, -0.2) is 0 Å². The number of carbonyl (C=O) groups is 1. The van der Waals surface area contributed by atoms with Gasteiger partial charge in [0, 0.05) is 10.5 Å². The number of aliphatic carboxylic acids is 1. The standard InChI is InChI=1S/C9H19NO3S.ClH/c1-6(11)4-9(2,3)14-5-7(10)8(12)13;/h6-7,11H,4-5,10H2,1-3H3,(H,12,13);1H/t6?,7-;/m0./s1/i6D;. The second kappa shape index (κ2) is 7.33. The van der Waals surface area contributed by atoms with Gasteiger partial charge in [-0.15, -0.1) is 12.4 Å². The lowest BCUT2D eigenvalue weighted by atomic mass is 10.1. The summed E-state index contributed by atoms with van der Waals surface area (Å²) in [6.07, 6.45) is -1.24. The van der Waals surface area contributed by atoms with E-state index in [2.05, 4.69) is 0 Å². The average molecular weight is 259 g/mol. The number of rotatable bonds is 6. The third-order valence-corrected chi connectivity index (χ3v) is 3.10. The van der Waals surface area contributed by atoms with E-state index in [0.717, 1.165) is 0 Å². The van der Waals surface area contributed by atoms with Crippen molar-refractivity contribution in [2.75, 3.05) is 5.75 Å². The van der Waals surface area contributed by atoms with Crippen molar-refractivity contribution in [3.05, 3.63) is 0 Å². The van der Waals surface area contributed by atoms with Crippen molar-refractivity contribution < 1.29 is 16.4 Å².